The van der Waals surface area contributed by atoms with Crippen LogP contribution in [0.2, 0.25) is 0 Å². The average molecular weight is 222 g/mol. The van der Waals surface area contributed by atoms with E-state index < -0.39 is 0 Å². The number of nitrogens with zero attached hydrogens (tertiary/aromatic N) is 1. The predicted octanol–water partition coefficient (Wildman–Crippen LogP) is 2.69. The molecule has 0 spiro atoms. The lowest BCUT2D eigenvalue weighted by molar-refractivity contribution is 0.204. The lowest BCUT2D eigenvalue weighted by atomic mass is 9.99. The van der Waals surface area contributed by atoms with Crippen molar-refractivity contribution in [1.82, 2.24) is 4.90 Å². The fraction of sp³-hybridized carbons (Fsp3) is 1.00. The minimum atomic E-state index is 0.789. The fourth-order valence-corrected chi connectivity index (χ4v) is 2.69. The first-order chi connectivity index (χ1) is 6.36. The van der Waals surface area contributed by atoms with Crippen LogP contribution in [0.3, 0.4) is 0 Å². The molecule has 1 nitrogen and oxygen atoms in total. The summed E-state index contributed by atoms with van der Waals surface area (Å²) in [7, 11) is 0. The van der Waals surface area contributed by atoms with Crippen molar-refractivity contribution in [2.24, 2.45) is 5.92 Å². The molecule has 0 atom stereocenters. The summed E-state index contributed by atoms with van der Waals surface area (Å²) in [6.45, 7) is 6.03. The van der Waals surface area contributed by atoms with Gasteiger partial charge in [-0.2, -0.15) is 11.8 Å². The van der Waals surface area contributed by atoms with E-state index in [-0.39, 0.29) is 0 Å². The first-order valence-electron chi connectivity index (χ1n) is 5.23. The average Bonchev–Trinajstić information content (AvgIpc) is 2.19. The van der Waals surface area contributed by atoms with Gasteiger partial charge >= 0.3 is 0 Å². The summed E-state index contributed by atoms with van der Waals surface area (Å²) in [5.74, 6) is 4.19. The van der Waals surface area contributed by atoms with E-state index in [1.165, 1.54) is 44.0 Å². The highest BCUT2D eigenvalue weighted by Crippen LogP contribution is 2.18. The molecule has 0 aromatic heterocycles. The van der Waals surface area contributed by atoms with E-state index in [4.69, 9.17) is 11.6 Å². The third kappa shape index (κ3) is 4.57. The number of hydrogen-bond acceptors (Lipinski definition) is 2. The van der Waals surface area contributed by atoms with Gasteiger partial charge in [-0.15, -0.1) is 11.6 Å². The number of likely N-dealkylation sites (tertiary alicyclic amines) is 1. The Morgan fingerprint density at radius 3 is 2.62 bits per heavy atom. The van der Waals surface area contributed by atoms with Gasteiger partial charge in [-0.25, -0.2) is 0 Å². The fourth-order valence-electron chi connectivity index (χ4n) is 1.70. The van der Waals surface area contributed by atoms with Crippen LogP contribution in [-0.4, -0.2) is 41.9 Å². The smallest absolute Gasteiger partial charge is 0.0252 e. The Bertz CT molecular complexity index is 121. The molecule has 1 aliphatic rings. The van der Waals surface area contributed by atoms with Gasteiger partial charge in [0, 0.05) is 18.2 Å². The van der Waals surface area contributed by atoms with Crippen LogP contribution in [0, 0.1) is 5.92 Å². The van der Waals surface area contributed by atoms with E-state index in [1.54, 1.807) is 0 Å². The third-order valence-corrected chi connectivity index (χ3v) is 4.00. The molecule has 0 aromatic rings. The second-order valence-electron chi connectivity index (χ2n) is 3.64. The van der Waals surface area contributed by atoms with Crippen molar-refractivity contribution in [1.29, 1.82) is 0 Å². The van der Waals surface area contributed by atoms with Crippen molar-refractivity contribution < 1.29 is 0 Å². The summed E-state index contributed by atoms with van der Waals surface area (Å²) in [4.78, 5) is 2.58. The quantitative estimate of drug-likeness (QED) is 0.519. The van der Waals surface area contributed by atoms with E-state index in [2.05, 4.69) is 11.8 Å². The van der Waals surface area contributed by atoms with Crippen LogP contribution in [0.5, 0.6) is 0 Å². The first kappa shape index (κ1) is 11.7. The number of alkyl halides is 1. The first-order valence-corrected chi connectivity index (χ1v) is 6.91. The molecule has 0 radical (unpaired) electrons. The maximum absolute atomic E-state index is 5.83. The second-order valence-corrected chi connectivity index (χ2v) is 5.34. The molecular formula is C10H20ClNS. The zero-order chi connectivity index (χ0) is 9.52. The molecule has 0 aromatic carbocycles. The van der Waals surface area contributed by atoms with E-state index in [9.17, 15) is 0 Å². The summed E-state index contributed by atoms with van der Waals surface area (Å²) in [6, 6.07) is 0. The molecule has 78 valence electrons. The molecule has 0 aliphatic carbocycles. The number of piperidine rings is 1. The van der Waals surface area contributed by atoms with Crippen molar-refractivity contribution in [3.63, 3.8) is 0 Å². The van der Waals surface area contributed by atoms with Crippen molar-refractivity contribution >= 4 is 23.4 Å². The summed E-state index contributed by atoms with van der Waals surface area (Å²) in [6.07, 6.45) is 2.61. The van der Waals surface area contributed by atoms with Gasteiger partial charge in [0.1, 0.15) is 0 Å². The van der Waals surface area contributed by atoms with Gasteiger partial charge in [0.2, 0.25) is 0 Å². The Morgan fingerprint density at radius 2 is 2.08 bits per heavy atom. The highest BCUT2D eigenvalue weighted by Gasteiger charge is 2.17. The predicted molar refractivity (Wildman–Crippen MR) is 62.9 cm³/mol. The van der Waals surface area contributed by atoms with Gasteiger partial charge in [0.15, 0.2) is 0 Å². The van der Waals surface area contributed by atoms with Gasteiger partial charge in [-0.05, 0) is 37.6 Å². The molecular weight excluding hydrogens is 202 g/mol. The number of thioether (sulfide) groups is 1. The van der Waals surface area contributed by atoms with E-state index >= 15 is 0 Å². The maximum Gasteiger partial charge on any atom is 0.0252 e. The molecule has 1 saturated heterocycles. The standard InChI is InChI=1S/C10H20ClNS/c1-2-13-8-7-12-5-3-10(9-11)4-6-12/h10H,2-9H2,1H3. The van der Waals surface area contributed by atoms with Crippen LogP contribution < -0.4 is 0 Å². The van der Waals surface area contributed by atoms with Crippen molar-refractivity contribution in [3.8, 4) is 0 Å². The lowest BCUT2D eigenvalue weighted by Crippen LogP contribution is -2.35. The van der Waals surface area contributed by atoms with Gasteiger partial charge in [0.05, 0.1) is 0 Å². The Labute approximate surface area is 91.2 Å². The summed E-state index contributed by atoms with van der Waals surface area (Å²) < 4.78 is 0. The van der Waals surface area contributed by atoms with Crippen molar-refractivity contribution in [2.75, 3.05) is 37.0 Å². The normalized spacial score (nSPS) is 20.8. The highest BCUT2D eigenvalue weighted by molar-refractivity contribution is 7.99. The van der Waals surface area contributed by atoms with E-state index in [0.717, 1.165) is 11.8 Å². The number of rotatable bonds is 5. The van der Waals surface area contributed by atoms with Gasteiger partial charge < -0.3 is 4.90 Å². The molecule has 0 saturated carbocycles. The Kier molecular flexibility index (Phi) is 6.26. The zero-order valence-corrected chi connectivity index (χ0v) is 10.0. The topological polar surface area (TPSA) is 3.24 Å². The van der Waals surface area contributed by atoms with E-state index in [1.807, 2.05) is 11.8 Å². The number of halogens is 1. The Morgan fingerprint density at radius 1 is 1.38 bits per heavy atom. The molecule has 1 heterocycles. The molecule has 0 unspecified atom stereocenters. The molecule has 3 heteroatoms. The van der Waals surface area contributed by atoms with E-state index in [0.29, 0.717) is 0 Å². The SMILES string of the molecule is CCSCCN1CCC(CCl)CC1. The second kappa shape index (κ2) is 6.97. The van der Waals surface area contributed by atoms with Crippen molar-refractivity contribution in [2.45, 2.75) is 19.8 Å². The molecule has 0 amide bonds. The van der Waals surface area contributed by atoms with Gasteiger partial charge in [-0.3, -0.25) is 0 Å². The molecule has 0 N–H and O–H groups in total. The highest BCUT2D eigenvalue weighted by atomic mass is 35.5. The molecule has 1 fully saturated rings. The van der Waals surface area contributed by atoms with Crippen LogP contribution in [0.1, 0.15) is 19.8 Å². The van der Waals surface area contributed by atoms with Crippen LogP contribution in [0.25, 0.3) is 0 Å². The summed E-state index contributed by atoms with van der Waals surface area (Å²) >= 11 is 7.87. The number of hydrogen-bond donors (Lipinski definition) is 0. The van der Waals surface area contributed by atoms with Crippen LogP contribution >= 0.6 is 23.4 Å². The molecule has 0 bridgehead atoms. The Balaban J connectivity index is 2.03. The molecule has 1 rings (SSSR count). The monoisotopic (exact) mass is 221 g/mol. The largest absolute Gasteiger partial charge is 0.302 e. The third-order valence-electron chi connectivity index (χ3n) is 2.68. The van der Waals surface area contributed by atoms with Crippen LogP contribution in [0.4, 0.5) is 0 Å². The van der Waals surface area contributed by atoms with Gasteiger partial charge in [-0.1, -0.05) is 6.92 Å². The van der Waals surface area contributed by atoms with Gasteiger partial charge in [0.25, 0.3) is 0 Å². The molecule has 13 heavy (non-hydrogen) atoms. The minimum absolute atomic E-state index is 0.789. The summed E-state index contributed by atoms with van der Waals surface area (Å²) in [5, 5.41) is 0. The zero-order valence-electron chi connectivity index (χ0n) is 8.47. The van der Waals surface area contributed by atoms with Crippen LogP contribution in [0.15, 0.2) is 0 Å². The van der Waals surface area contributed by atoms with Crippen LogP contribution in [-0.2, 0) is 0 Å². The maximum atomic E-state index is 5.83. The molecule has 1 aliphatic heterocycles. The van der Waals surface area contributed by atoms with Crippen molar-refractivity contribution in [3.05, 3.63) is 0 Å². The lowest BCUT2D eigenvalue weighted by Gasteiger charge is -2.30. The summed E-state index contributed by atoms with van der Waals surface area (Å²) in [5.41, 5.74) is 0. The minimum Gasteiger partial charge on any atom is -0.302 e. The Hall–Kier alpha value is 0.600.